The molecule has 2 fully saturated rings. The Morgan fingerprint density at radius 2 is 1.74 bits per heavy atom. The molecule has 0 aliphatic carbocycles. The predicted octanol–water partition coefficient (Wildman–Crippen LogP) is 3.42. The Hall–Kier alpha value is -2.11. The van der Waals surface area contributed by atoms with Crippen molar-refractivity contribution in [3.05, 3.63) is 60.2 Å². The van der Waals surface area contributed by atoms with E-state index >= 15 is 0 Å². The molecular formula is C18H19N3OS. The van der Waals surface area contributed by atoms with E-state index in [1.165, 1.54) is 0 Å². The summed E-state index contributed by atoms with van der Waals surface area (Å²) >= 11 is 5.79. The van der Waals surface area contributed by atoms with Gasteiger partial charge in [0.25, 0.3) is 0 Å². The smallest absolute Gasteiger partial charge is 0.192 e. The number of hydrogen-bond acceptors (Lipinski definition) is 3. The van der Waals surface area contributed by atoms with Gasteiger partial charge in [-0.15, -0.1) is 0 Å². The van der Waals surface area contributed by atoms with E-state index in [0.717, 1.165) is 41.6 Å². The van der Waals surface area contributed by atoms with Crippen molar-refractivity contribution >= 4 is 23.0 Å². The van der Waals surface area contributed by atoms with Gasteiger partial charge >= 0.3 is 0 Å². The molecule has 0 unspecified atom stereocenters. The first-order chi connectivity index (χ1) is 11.3. The molecule has 5 heteroatoms. The fraction of sp³-hybridized carbons (Fsp3) is 0.278. The Bertz CT molecular complexity index is 721. The number of methoxy groups -OCH3 is 1. The number of rotatable bonds is 3. The van der Waals surface area contributed by atoms with Gasteiger partial charge in [0, 0.05) is 24.3 Å². The van der Waals surface area contributed by atoms with Gasteiger partial charge in [-0.25, -0.2) is 0 Å². The van der Waals surface area contributed by atoms with Crippen LogP contribution in [0.4, 0.5) is 5.69 Å². The molecule has 0 spiro atoms. The second-order valence-corrected chi connectivity index (χ2v) is 6.11. The normalized spacial score (nSPS) is 20.9. The van der Waals surface area contributed by atoms with E-state index in [1.54, 1.807) is 7.11 Å². The van der Waals surface area contributed by atoms with E-state index in [9.17, 15) is 0 Å². The quantitative estimate of drug-likeness (QED) is 0.803. The molecule has 0 bridgehead atoms. The fourth-order valence-corrected chi connectivity index (χ4v) is 3.87. The average molecular weight is 325 g/mol. The molecule has 1 atom stereocenters. The van der Waals surface area contributed by atoms with Gasteiger partial charge in [-0.2, -0.15) is 5.01 Å². The van der Waals surface area contributed by atoms with Crippen LogP contribution in [0, 0.1) is 0 Å². The lowest BCUT2D eigenvalue weighted by Gasteiger charge is -2.29. The van der Waals surface area contributed by atoms with E-state index in [0.29, 0.717) is 0 Å². The minimum Gasteiger partial charge on any atom is -0.496 e. The molecule has 2 aromatic rings. The van der Waals surface area contributed by atoms with Gasteiger partial charge in [-0.3, -0.25) is 9.91 Å². The van der Waals surface area contributed by atoms with Crippen molar-refractivity contribution in [1.82, 2.24) is 10.0 Å². The maximum atomic E-state index is 5.79. The third kappa shape index (κ3) is 2.28. The van der Waals surface area contributed by atoms with E-state index < -0.39 is 0 Å². The highest BCUT2D eigenvalue weighted by atomic mass is 32.1. The largest absolute Gasteiger partial charge is 0.496 e. The lowest BCUT2D eigenvalue weighted by molar-refractivity contribution is 0.0909. The van der Waals surface area contributed by atoms with Gasteiger partial charge in [0.1, 0.15) is 11.9 Å². The first-order valence-electron chi connectivity index (χ1n) is 7.86. The van der Waals surface area contributed by atoms with Gasteiger partial charge in [-0.05, 0) is 36.8 Å². The number of thiocarbonyl (C=S) groups is 1. The molecular weight excluding hydrogens is 306 g/mol. The van der Waals surface area contributed by atoms with Gasteiger partial charge < -0.3 is 4.74 Å². The number of anilines is 1. The van der Waals surface area contributed by atoms with Crippen LogP contribution in [0.25, 0.3) is 0 Å². The standard InChI is InChI=1S/C18H19N3OS/c1-22-16-11-6-5-10-15(16)17-19-12-7-13-20(19)18(23)21(17)14-8-3-2-4-9-14/h2-6,8-11,17H,7,12-13H2,1H3/t17-/m1/s1. The second-order valence-electron chi connectivity index (χ2n) is 5.74. The van der Waals surface area contributed by atoms with E-state index in [-0.39, 0.29) is 6.17 Å². The van der Waals surface area contributed by atoms with Crippen LogP contribution < -0.4 is 9.64 Å². The highest BCUT2D eigenvalue weighted by Crippen LogP contribution is 2.43. The van der Waals surface area contributed by atoms with Crippen LogP contribution in [0.2, 0.25) is 0 Å². The number of hydrogen-bond donors (Lipinski definition) is 0. The number of nitrogens with zero attached hydrogens (tertiary/aromatic N) is 3. The highest BCUT2D eigenvalue weighted by molar-refractivity contribution is 7.80. The molecule has 2 aromatic carbocycles. The fourth-order valence-electron chi connectivity index (χ4n) is 3.47. The summed E-state index contributed by atoms with van der Waals surface area (Å²) in [6, 6.07) is 18.6. The van der Waals surface area contributed by atoms with Crippen LogP contribution in [0.3, 0.4) is 0 Å². The first kappa shape index (κ1) is 14.5. The van der Waals surface area contributed by atoms with Crippen molar-refractivity contribution in [2.24, 2.45) is 0 Å². The molecule has 0 saturated carbocycles. The maximum absolute atomic E-state index is 5.79. The zero-order chi connectivity index (χ0) is 15.8. The summed E-state index contributed by atoms with van der Waals surface area (Å²) in [5.74, 6) is 0.898. The summed E-state index contributed by atoms with van der Waals surface area (Å²) in [5.41, 5.74) is 2.26. The summed E-state index contributed by atoms with van der Waals surface area (Å²) in [6.45, 7) is 1.99. The molecule has 0 N–H and O–H groups in total. The molecule has 23 heavy (non-hydrogen) atoms. The number of ether oxygens (including phenoxy) is 1. The van der Waals surface area contributed by atoms with Gasteiger partial charge in [0.2, 0.25) is 0 Å². The van der Waals surface area contributed by atoms with Crippen molar-refractivity contribution in [3.63, 3.8) is 0 Å². The van der Waals surface area contributed by atoms with Crippen LogP contribution in [0.1, 0.15) is 18.2 Å². The summed E-state index contributed by atoms with van der Waals surface area (Å²) < 4.78 is 5.61. The van der Waals surface area contributed by atoms with Crippen molar-refractivity contribution in [2.75, 3.05) is 25.1 Å². The minimum absolute atomic E-state index is 0.0450. The average Bonchev–Trinajstić information content (AvgIpc) is 3.18. The topological polar surface area (TPSA) is 19.0 Å². The highest BCUT2D eigenvalue weighted by Gasteiger charge is 2.46. The number of fused-ring (bicyclic) bond motifs is 1. The molecule has 4 nitrogen and oxygen atoms in total. The molecule has 2 heterocycles. The van der Waals surface area contributed by atoms with Crippen molar-refractivity contribution in [1.29, 1.82) is 0 Å². The molecule has 0 radical (unpaired) electrons. The molecule has 4 rings (SSSR count). The predicted molar refractivity (Wildman–Crippen MR) is 95.3 cm³/mol. The summed E-state index contributed by atoms with van der Waals surface area (Å²) in [6.07, 6.45) is 1.18. The summed E-state index contributed by atoms with van der Waals surface area (Å²) in [5, 5.41) is 5.44. The Morgan fingerprint density at radius 1 is 1.00 bits per heavy atom. The van der Waals surface area contributed by atoms with Gasteiger partial charge in [-0.1, -0.05) is 36.4 Å². The van der Waals surface area contributed by atoms with Gasteiger partial charge in [0.05, 0.1) is 7.11 Å². The zero-order valence-corrected chi connectivity index (χ0v) is 13.9. The van der Waals surface area contributed by atoms with E-state index in [4.69, 9.17) is 17.0 Å². The maximum Gasteiger partial charge on any atom is 0.192 e. The van der Waals surface area contributed by atoms with E-state index in [2.05, 4.69) is 51.3 Å². The van der Waals surface area contributed by atoms with Crippen LogP contribution in [0.15, 0.2) is 54.6 Å². The Morgan fingerprint density at radius 3 is 2.52 bits per heavy atom. The lowest BCUT2D eigenvalue weighted by atomic mass is 10.1. The second kappa shape index (κ2) is 5.83. The number of para-hydroxylation sites is 2. The van der Waals surface area contributed by atoms with Crippen LogP contribution in [-0.4, -0.2) is 35.3 Å². The Labute approximate surface area is 141 Å². The minimum atomic E-state index is 0.0450. The lowest BCUT2D eigenvalue weighted by Crippen LogP contribution is -2.32. The van der Waals surface area contributed by atoms with Gasteiger partial charge in [0.15, 0.2) is 5.11 Å². The van der Waals surface area contributed by atoms with Crippen molar-refractivity contribution in [2.45, 2.75) is 12.6 Å². The zero-order valence-electron chi connectivity index (χ0n) is 13.1. The van der Waals surface area contributed by atoms with Crippen LogP contribution >= 0.6 is 12.2 Å². The van der Waals surface area contributed by atoms with Crippen LogP contribution in [0.5, 0.6) is 5.75 Å². The van der Waals surface area contributed by atoms with E-state index in [1.807, 2.05) is 18.2 Å². The summed E-state index contributed by atoms with van der Waals surface area (Å²) in [7, 11) is 1.72. The molecule has 2 aliphatic heterocycles. The SMILES string of the molecule is COc1ccccc1[C@H]1N(c2ccccc2)C(=S)N2CCCN12. The third-order valence-corrected chi connectivity index (χ3v) is 4.88. The number of benzene rings is 2. The molecule has 0 aromatic heterocycles. The third-order valence-electron chi connectivity index (χ3n) is 4.47. The molecule has 2 saturated heterocycles. The van der Waals surface area contributed by atoms with Crippen molar-refractivity contribution in [3.8, 4) is 5.75 Å². The molecule has 118 valence electrons. The Balaban J connectivity index is 1.84. The monoisotopic (exact) mass is 325 g/mol. The van der Waals surface area contributed by atoms with Crippen LogP contribution in [-0.2, 0) is 0 Å². The number of hydrazine groups is 1. The summed E-state index contributed by atoms with van der Waals surface area (Å²) in [4.78, 5) is 2.23. The van der Waals surface area contributed by atoms with Crippen molar-refractivity contribution < 1.29 is 4.74 Å². The molecule has 2 aliphatic rings. The molecule has 0 amide bonds. The first-order valence-corrected chi connectivity index (χ1v) is 8.27. The Kier molecular flexibility index (Phi) is 3.67.